The van der Waals surface area contributed by atoms with Gasteiger partial charge < -0.3 is 19.4 Å². The zero-order valence-corrected chi connectivity index (χ0v) is 13.9. The standard InChI is InChI=1S/C17H18BN3O3/c1-11(2)24-17-12(9-19)4-7-16(21-17)20-14-5-6-15-13(8-14)10-23-18(15)22-3/h4-8,11H,10H2,1-3H3,(H,20,21). The summed E-state index contributed by atoms with van der Waals surface area (Å²) in [6.07, 6.45) is -0.0528. The average molecular weight is 323 g/mol. The molecular formula is C17H18BN3O3. The average Bonchev–Trinajstić information content (AvgIpc) is 2.97. The van der Waals surface area contributed by atoms with Crippen LogP contribution in [0.15, 0.2) is 30.3 Å². The summed E-state index contributed by atoms with van der Waals surface area (Å²) in [5, 5.41) is 12.4. The summed E-state index contributed by atoms with van der Waals surface area (Å²) in [5.74, 6) is 0.952. The van der Waals surface area contributed by atoms with E-state index in [0.717, 1.165) is 16.7 Å². The minimum atomic E-state index is -0.298. The number of aromatic nitrogens is 1. The van der Waals surface area contributed by atoms with Crippen molar-refractivity contribution in [3.05, 3.63) is 41.5 Å². The first-order valence-electron chi connectivity index (χ1n) is 7.72. The number of rotatable bonds is 5. The van der Waals surface area contributed by atoms with Gasteiger partial charge in [-0.3, -0.25) is 0 Å². The van der Waals surface area contributed by atoms with Crippen molar-refractivity contribution < 1.29 is 14.0 Å². The van der Waals surface area contributed by atoms with Gasteiger partial charge in [0.2, 0.25) is 5.88 Å². The molecular weight excluding hydrogens is 305 g/mol. The molecule has 122 valence electrons. The van der Waals surface area contributed by atoms with Crippen LogP contribution in [0.25, 0.3) is 0 Å². The Morgan fingerprint density at radius 2 is 2.17 bits per heavy atom. The zero-order chi connectivity index (χ0) is 17.1. The first-order chi connectivity index (χ1) is 11.6. The molecule has 0 amide bonds. The molecule has 6 nitrogen and oxygen atoms in total. The van der Waals surface area contributed by atoms with Crippen LogP contribution in [0.3, 0.4) is 0 Å². The van der Waals surface area contributed by atoms with Crippen molar-refractivity contribution in [3.8, 4) is 11.9 Å². The smallest absolute Gasteiger partial charge is 0.474 e. The fourth-order valence-corrected chi connectivity index (χ4v) is 2.54. The number of hydrogen-bond donors (Lipinski definition) is 1. The van der Waals surface area contributed by atoms with E-state index in [0.29, 0.717) is 23.9 Å². The van der Waals surface area contributed by atoms with E-state index in [-0.39, 0.29) is 13.2 Å². The maximum Gasteiger partial charge on any atom is 0.494 e. The zero-order valence-electron chi connectivity index (χ0n) is 13.9. The quantitative estimate of drug-likeness (QED) is 0.851. The predicted molar refractivity (Wildman–Crippen MR) is 91.6 cm³/mol. The Morgan fingerprint density at radius 3 is 2.88 bits per heavy atom. The fourth-order valence-electron chi connectivity index (χ4n) is 2.54. The molecule has 2 aromatic rings. The van der Waals surface area contributed by atoms with Crippen LogP contribution >= 0.6 is 0 Å². The molecule has 0 bridgehead atoms. The van der Waals surface area contributed by atoms with E-state index in [1.54, 1.807) is 19.2 Å². The number of nitrogens with zero attached hydrogens (tertiary/aromatic N) is 2. The highest BCUT2D eigenvalue weighted by molar-refractivity contribution is 6.62. The molecule has 1 aliphatic rings. The summed E-state index contributed by atoms with van der Waals surface area (Å²) in [5.41, 5.74) is 3.43. The van der Waals surface area contributed by atoms with Crippen molar-refractivity contribution >= 4 is 24.1 Å². The van der Waals surface area contributed by atoms with Crippen LogP contribution in [0.2, 0.25) is 0 Å². The van der Waals surface area contributed by atoms with Gasteiger partial charge in [-0.15, -0.1) is 0 Å². The summed E-state index contributed by atoms with van der Waals surface area (Å²) >= 11 is 0. The van der Waals surface area contributed by atoms with Crippen molar-refractivity contribution in [3.63, 3.8) is 0 Å². The Labute approximate surface area is 141 Å². The fraction of sp³-hybridized carbons (Fsp3) is 0.294. The van der Waals surface area contributed by atoms with Crippen LogP contribution in [-0.2, 0) is 15.9 Å². The van der Waals surface area contributed by atoms with Gasteiger partial charge in [-0.25, -0.2) is 0 Å². The Balaban J connectivity index is 1.83. The van der Waals surface area contributed by atoms with Crippen LogP contribution in [-0.4, -0.2) is 25.3 Å². The number of nitriles is 1. The number of ether oxygens (including phenoxy) is 1. The second-order valence-electron chi connectivity index (χ2n) is 5.74. The molecule has 7 heteroatoms. The first kappa shape index (κ1) is 16.3. The van der Waals surface area contributed by atoms with Gasteiger partial charge in [0.25, 0.3) is 0 Å². The van der Waals surface area contributed by atoms with Gasteiger partial charge in [-0.1, -0.05) is 6.07 Å². The lowest BCUT2D eigenvalue weighted by Gasteiger charge is -2.13. The summed E-state index contributed by atoms with van der Waals surface area (Å²) in [6, 6.07) is 11.5. The number of benzene rings is 1. The third-order valence-corrected chi connectivity index (χ3v) is 3.60. The van der Waals surface area contributed by atoms with E-state index in [9.17, 15) is 0 Å². The van der Waals surface area contributed by atoms with E-state index in [1.165, 1.54) is 0 Å². The minimum Gasteiger partial charge on any atom is -0.474 e. The van der Waals surface area contributed by atoms with Crippen LogP contribution < -0.4 is 15.5 Å². The lowest BCUT2D eigenvalue weighted by molar-refractivity contribution is 0.232. The van der Waals surface area contributed by atoms with Gasteiger partial charge in [0.15, 0.2) is 0 Å². The maximum atomic E-state index is 9.15. The van der Waals surface area contributed by atoms with Gasteiger partial charge in [-0.05, 0) is 49.1 Å². The van der Waals surface area contributed by atoms with E-state index in [2.05, 4.69) is 16.4 Å². The molecule has 24 heavy (non-hydrogen) atoms. The number of fused-ring (bicyclic) bond motifs is 1. The Hall–Kier alpha value is -2.56. The molecule has 0 atom stereocenters. The largest absolute Gasteiger partial charge is 0.494 e. The van der Waals surface area contributed by atoms with E-state index in [1.807, 2.05) is 32.0 Å². The molecule has 0 spiro atoms. The number of pyridine rings is 1. The van der Waals surface area contributed by atoms with Gasteiger partial charge in [0.1, 0.15) is 17.5 Å². The van der Waals surface area contributed by atoms with Crippen LogP contribution in [0.4, 0.5) is 11.5 Å². The Kier molecular flexibility index (Phi) is 4.70. The predicted octanol–water partition coefficient (Wildman–Crippen LogP) is 2.36. The number of nitrogens with one attached hydrogen (secondary N) is 1. The van der Waals surface area contributed by atoms with Gasteiger partial charge in [0, 0.05) is 12.8 Å². The normalized spacial score (nSPS) is 12.9. The molecule has 0 radical (unpaired) electrons. The summed E-state index contributed by atoms with van der Waals surface area (Å²) < 4.78 is 16.4. The van der Waals surface area contributed by atoms with Crippen molar-refractivity contribution in [2.75, 3.05) is 12.4 Å². The Bertz CT molecular complexity index is 789. The molecule has 1 aromatic carbocycles. The highest BCUT2D eigenvalue weighted by Crippen LogP contribution is 2.23. The highest BCUT2D eigenvalue weighted by Gasteiger charge is 2.29. The maximum absolute atomic E-state index is 9.15. The van der Waals surface area contributed by atoms with Crippen molar-refractivity contribution in [2.24, 2.45) is 0 Å². The molecule has 1 aromatic heterocycles. The highest BCUT2D eigenvalue weighted by atomic mass is 16.6. The molecule has 0 saturated carbocycles. The second kappa shape index (κ2) is 6.91. The van der Waals surface area contributed by atoms with E-state index in [4.69, 9.17) is 19.3 Å². The molecule has 0 fully saturated rings. The summed E-state index contributed by atoms with van der Waals surface area (Å²) in [7, 11) is 1.33. The van der Waals surface area contributed by atoms with Gasteiger partial charge >= 0.3 is 7.12 Å². The molecule has 3 rings (SSSR count). The number of hydrogen-bond acceptors (Lipinski definition) is 6. The monoisotopic (exact) mass is 323 g/mol. The third kappa shape index (κ3) is 3.35. The SMILES string of the molecule is COB1OCc2cc(Nc3ccc(C#N)c(OC(C)C)n3)ccc21. The van der Waals surface area contributed by atoms with Crippen LogP contribution in [0.5, 0.6) is 5.88 Å². The van der Waals surface area contributed by atoms with Gasteiger partial charge in [-0.2, -0.15) is 10.2 Å². The topological polar surface area (TPSA) is 76.4 Å². The molecule has 0 aliphatic carbocycles. The van der Waals surface area contributed by atoms with E-state index < -0.39 is 0 Å². The summed E-state index contributed by atoms with van der Waals surface area (Å²) in [6.45, 7) is 4.32. The van der Waals surface area contributed by atoms with Crippen LogP contribution in [0.1, 0.15) is 25.0 Å². The van der Waals surface area contributed by atoms with Crippen LogP contribution in [0, 0.1) is 11.3 Å². The molecule has 2 heterocycles. The lowest BCUT2D eigenvalue weighted by atomic mass is 9.79. The number of anilines is 2. The van der Waals surface area contributed by atoms with E-state index >= 15 is 0 Å². The minimum absolute atomic E-state index is 0.0528. The van der Waals surface area contributed by atoms with Gasteiger partial charge in [0.05, 0.1) is 12.7 Å². The summed E-state index contributed by atoms with van der Waals surface area (Å²) in [4.78, 5) is 4.39. The first-order valence-corrected chi connectivity index (χ1v) is 7.72. The Morgan fingerprint density at radius 1 is 1.33 bits per heavy atom. The van der Waals surface area contributed by atoms with Crippen molar-refractivity contribution in [2.45, 2.75) is 26.6 Å². The third-order valence-electron chi connectivity index (χ3n) is 3.60. The lowest BCUT2D eigenvalue weighted by Crippen LogP contribution is -2.30. The molecule has 1 N–H and O–H groups in total. The second-order valence-corrected chi connectivity index (χ2v) is 5.74. The molecule has 1 aliphatic heterocycles. The van der Waals surface area contributed by atoms with Crippen molar-refractivity contribution in [1.82, 2.24) is 4.98 Å². The molecule has 0 saturated heterocycles. The van der Waals surface area contributed by atoms with Crippen molar-refractivity contribution in [1.29, 1.82) is 5.26 Å². The molecule has 0 unspecified atom stereocenters.